The van der Waals surface area contributed by atoms with Gasteiger partial charge in [-0.3, -0.25) is 0 Å². The zero-order valence-electron chi connectivity index (χ0n) is 9.59. The average molecular weight is 301 g/mol. The van der Waals surface area contributed by atoms with Crippen LogP contribution in [-0.2, 0) is 13.1 Å². The van der Waals surface area contributed by atoms with Gasteiger partial charge in [0.05, 0.1) is 0 Å². The summed E-state index contributed by atoms with van der Waals surface area (Å²) in [4.78, 5) is 0. The molecule has 0 radical (unpaired) electrons. The summed E-state index contributed by atoms with van der Waals surface area (Å²) in [5.74, 6) is 0. The van der Waals surface area contributed by atoms with E-state index >= 15 is 0 Å². The minimum atomic E-state index is 0.553. The van der Waals surface area contributed by atoms with E-state index in [2.05, 4.69) is 17.4 Å². The molecule has 0 aliphatic heterocycles. The van der Waals surface area contributed by atoms with Gasteiger partial charge in [-0.15, -0.1) is 0 Å². The second-order valence-corrected chi connectivity index (χ2v) is 5.19. The predicted molar refractivity (Wildman–Crippen MR) is 78.5 cm³/mol. The molecular formula is C14H12Cl3N. The van der Waals surface area contributed by atoms with Crippen molar-refractivity contribution in [2.24, 2.45) is 0 Å². The Morgan fingerprint density at radius 2 is 1.44 bits per heavy atom. The monoisotopic (exact) mass is 299 g/mol. The van der Waals surface area contributed by atoms with Crippen LogP contribution in [0.3, 0.4) is 0 Å². The second-order valence-electron chi connectivity index (χ2n) is 3.94. The molecule has 4 heteroatoms. The van der Waals surface area contributed by atoms with E-state index in [-0.39, 0.29) is 0 Å². The normalized spacial score (nSPS) is 10.6. The molecule has 1 N–H and O–H groups in total. The van der Waals surface area contributed by atoms with Gasteiger partial charge in [0.1, 0.15) is 0 Å². The molecule has 1 nitrogen and oxygen atoms in total. The molecule has 0 heterocycles. The Balaban J connectivity index is 1.99. The number of hydrogen-bond donors (Lipinski definition) is 1. The molecule has 0 aromatic heterocycles. The van der Waals surface area contributed by atoms with Crippen molar-refractivity contribution < 1.29 is 0 Å². The third-order valence-electron chi connectivity index (χ3n) is 2.58. The molecule has 0 atom stereocenters. The Kier molecular flexibility index (Phi) is 4.90. The maximum Gasteiger partial charge on any atom is 0.0480 e. The van der Waals surface area contributed by atoms with Crippen LogP contribution in [0.2, 0.25) is 15.1 Å². The Labute approximate surface area is 122 Å². The molecule has 0 amide bonds. The fraction of sp³-hybridized carbons (Fsp3) is 0.143. The van der Waals surface area contributed by atoms with E-state index in [0.717, 1.165) is 12.1 Å². The lowest BCUT2D eigenvalue weighted by Crippen LogP contribution is -2.13. The molecule has 0 saturated carbocycles. The smallest absolute Gasteiger partial charge is 0.0480 e. The predicted octanol–water partition coefficient (Wildman–Crippen LogP) is 4.94. The van der Waals surface area contributed by atoms with Crippen LogP contribution in [0.25, 0.3) is 0 Å². The Bertz CT molecular complexity index is 503. The number of benzene rings is 2. The fourth-order valence-corrected chi connectivity index (χ4v) is 2.62. The number of hydrogen-bond acceptors (Lipinski definition) is 1. The van der Waals surface area contributed by atoms with E-state index in [1.165, 1.54) is 5.56 Å². The van der Waals surface area contributed by atoms with Crippen molar-refractivity contribution in [3.05, 3.63) is 68.7 Å². The van der Waals surface area contributed by atoms with Crippen LogP contribution in [0, 0.1) is 0 Å². The van der Waals surface area contributed by atoms with E-state index in [1.54, 1.807) is 12.1 Å². The topological polar surface area (TPSA) is 12.0 Å². The zero-order valence-corrected chi connectivity index (χ0v) is 11.9. The van der Waals surface area contributed by atoms with Crippen molar-refractivity contribution in [3.8, 4) is 0 Å². The second kappa shape index (κ2) is 6.44. The van der Waals surface area contributed by atoms with Gasteiger partial charge in [0.15, 0.2) is 0 Å². The third kappa shape index (κ3) is 3.63. The maximum absolute atomic E-state index is 6.11. The van der Waals surface area contributed by atoms with Crippen LogP contribution >= 0.6 is 34.8 Å². The van der Waals surface area contributed by atoms with E-state index in [1.807, 2.05) is 18.2 Å². The van der Waals surface area contributed by atoms with E-state index < -0.39 is 0 Å². The van der Waals surface area contributed by atoms with Crippen LogP contribution < -0.4 is 5.32 Å². The molecule has 2 rings (SSSR count). The lowest BCUT2D eigenvalue weighted by Gasteiger charge is -2.09. The molecular weight excluding hydrogens is 289 g/mol. The SMILES string of the molecule is Clc1cc(Cl)c(CNCc2ccccc2)c(Cl)c1. The summed E-state index contributed by atoms with van der Waals surface area (Å²) in [6, 6.07) is 13.6. The van der Waals surface area contributed by atoms with Crippen molar-refractivity contribution in [1.82, 2.24) is 5.32 Å². The highest BCUT2D eigenvalue weighted by atomic mass is 35.5. The van der Waals surface area contributed by atoms with E-state index in [0.29, 0.717) is 21.6 Å². The summed E-state index contributed by atoms with van der Waals surface area (Å²) in [7, 11) is 0. The molecule has 0 spiro atoms. The molecule has 0 saturated heterocycles. The van der Waals surface area contributed by atoms with Gasteiger partial charge < -0.3 is 5.32 Å². The first-order chi connectivity index (χ1) is 8.66. The van der Waals surface area contributed by atoms with Gasteiger partial charge in [-0.05, 0) is 17.7 Å². The lowest BCUT2D eigenvalue weighted by molar-refractivity contribution is 0.693. The number of halogens is 3. The van der Waals surface area contributed by atoms with Crippen LogP contribution in [-0.4, -0.2) is 0 Å². The van der Waals surface area contributed by atoms with Gasteiger partial charge in [0, 0.05) is 33.7 Å². The quantitative estimate of drug-likeness (QED) is 0.843. The first kappa shape index (κ1) is 13.7. The summed E-state index contributed by atoms with van der Waals surface area (Å²) in [6.07, 6.45) is 0. The van der Waals surface area contributed by atoms with E-state index in [4.69, 9.17) is 34.8 Å². The van der Waals surface area contributed by atoms with Gasteiger partial charge >= 0.3 is 0 Å². The van der Waals surface area contributed by atoms with Crippen LogP contribution in [0.15, 0.2) is 42.5 Å². The minimum absolute atomic E-state index is 0.553. The first-order valence-corrected chi connectivity index (χ1v) is 6.68. The van der Waals surface area contributed by atoms with E-state index in [9.17, 15) is 0 Å². The summed E-state index contributed by atoms with van der Waals surface area (Å²) in [6.45, 7) is 1.39. The lowest BCUT2D eigenvalue weighted by atomic mass is 10.2. The molecule has 0 bridgehead atoms. The molecule has 94 valence electrons. The summed E-state index contributed by atoms with van der Waals surface area (Å²) >= 11 is 18.1. The third-order valence-corrected chi connectivity index (χ3v) is 3.47. The Morgan fingerprint density at radius 3 is 2.06 bits per heavy atom. The van der Waals surface area contributed by atoms with Crippen LogP contribution in [0.5, 0.6) is 0 Å². The highest BCUT2D eigenvalue weighted by Crippen LogP contribution is 2.28. The standard InChI is InChI=1S/C14H12Cl3N/c15-11-6-13(16)12(14(17)7-11)9-18-8-10-4-2-1-3-5-10/h1-7,18H,8-9H2. The van der Waals surface area contributed by atoms with Crippen molar-refractivity contribution >= 4 is 34.8 Å². The fourth-order valence-electron chi connectivity index (χ4n) is 1.67. The minimum Gasteiger partial charge on any atom is -0.309 e. The van der Waals surface area contributed by atoms with Gasteiger partial charge in [0.2, 0.25) is 0 Å². The van der Waals surface area contributed by atoms with Gasteiger partial charge in [-0.1, -0.05) is 65.1 Å². The molecule has 0 aliphatic carbocycles. The van der Waals surface area contributed by atoms with Crippen molar-refractivity contribution in [2.75, 3.05) is 0 Å². The molecule has 2 aromatic rings. The number of nitrogens with one attached hydrogen (secondary N) is 1. The highest BCUT2D eigenvalue weighted by Gasteiger charge is 2.07. The van der Waals surface area contributed by atoms with Crippen molar-refractivity contribution in [1.29, 1.82) is 0 Å². The molecule has 0 fully saturated rings. The summed E-state index contributed by atoms with van der Waals surface area (Å²) in [5.41, 5.74) is 2.09. The average Bonchev–Trinajstić information content (AvgIpc) is 2.34. The maximum atomic E-state index is 6.11. The van der Waals surface area contributed by atoms with Crippen molar-refractivity contribution in [2.45, 2.75) is 13.1 Å². The van der Waals surface area contributed by atoms with Crippen molar-refractivity contribution in [3.63, 3.8) is 0 Å². The molecule has 0 unspecified atom stereocenters. The molecule has 2 aromatic carbocycles. The summed E-state index contributed by atoms with van der Waals surface area (Å²) in [5, 5.41) is 5.04. The van der Waals surface area contributed by atoms with Crippen LogP contribution in [0.4, 0.5) is 0 Å². The van der Waals surface area contributed by atoms with Gasteiger partial charge in [-0.25, -0.2) is 0 Å². The zero-order chi connectivity index (χ0) is 13.0. The summed E-state index contributed by atoms with van der Waals surface area (Å²) < 4.78 is 0. The molecule has 18 heavy (non-hydrogen) atoms. The Hall–Kier alpha value is -0.730. The largest absolute Gasteiger partial charge is 0.309 e. The first-order valence-electron chi connectivity index (χ1n) is 5.55. The Morgan fingerprint density at radius 1 is 0.833 bits per heavy atom. The molecule has 0 aliphatic rings. The van der Waals surface area contributed by atoms with Crippen LogP contribution in [0.1, 0.15) is 11.1 Å². The highest BCUT2D eigenvalue weighted by molar-refractivity contribution is 6.39. The number of rotatable bonds is 4. The van der Waals surface area contributed by atoms with Gasteiger partial charge in [0.25, 0.3) is 0 Å². The van der Waals surface area contributed by atoms with Gasteiger partial charge in [-0.2, -0.15) is 0 Å².